The van der Waals surface area contributed by atoms with Gasteiger partial charge in [-0.2, -0.15) is 13.2 Å². The van der Waals surface area contributed by atoms with Crippen molar-refractivity contribution >= 4 is 11.6 Å². The number of hydrazine groups is 1. The van der Waals surface area contributed by atoms with Gasteiger partial charge < -0.3 is 10.1 Å². The highest BCUT2D eigenvalue weighted by Gasteiger charge is 2.30. The number of aromatic nitrogens is 1. The Balaban J connectivity index is 1.82. The number of hydrogen-bond donors (Lipinski definition) is 3. The molecule has 3 N–H and O–H groups in total. The fourth-order valence-electron chi connectivity index (χ4n) is 2.44. The number of hydrogen-bond acceptors (Lipinski definition) is 5. The van der Waals surface area contributed by atoms with Crippen LogP contribution in [0.2, 0.25) is 0 Å². The first kappa shape index (κ1) is 18.5. The SMILES string of the molecule is CC(C)CC1CC(C(=O)Nc2ccc(OCC(F)(F)F)nc2)NN1. The van der Waals surface area contributed by atoms with E-state index in [0.717, 1.165) is 6.42 Å². The Morgan fingerprint density at radius 2 is 2.17 bits per heavy atom. The summed E-state index contributed by atoms with van der Waals surface area (Å²) in [4.78, 5) is 15.9. The predicted molar refractivity (Wildman–Crippen MR) is 82.3 cm³/mol. The number of anilines is 1. The minimum atomic E-state index is -4.41. The van der Waals surface area contributed by atoms with Crippen molar-refractivity contribution in [2.45, 2.75) is 44.9 Å². The van der Waals surface area contributed by atoms with Gasteiger partial charge in [-0.3, -0.25) is 10.2 Å². The number of ether oxygens (including phenoxy) is 1. The second kappa shape index (κ2) is 7.80. The van der Waals surface area contributed by atoms with E-state index in [1.54, 1.807) is 0 Å². The molecule has 6 nitrogen and oxygen atoms in total. The van der Waals surface area contributed by atoms with Crippen LogP contribution in [-0.2, 0) is 4.79 Å². The van der Waals surface area contributed by atoms with Gasteiger partial charge in [0.05, 0.1) is 11.9 Å². The van der Waals surface area contributed by atoms with Gasteiger partial charge in [-0.15, -0.1) is 0 Å². The van der Waals surface area contributed by atoms with Crippen molar-refractivity contribution in [1.82, 2.24) is 15.8 Å². The molecule has 9 heteroatoms. The molecule has 2 atom stereocenters. The lowest BCUT2D eigenvalue weighted by atomic mass is 10.00. The van der Waals surface area contributed by atoms with Gasteiger partial charge in [-0.1, -0.05) is 13.8 Å². The maximum absolute atomic E-state index is 12.2. The van der Waals surface area contributed by atoms with Crippen LogP contribution in [-0.4, -0.2) is 35.8 Å². The standard InChI is InChI=1S/C15H21F3N4O2/c1-9(2)5-11-6-12(22-21-11)14(23)20-10-3-4-13(19-7-10)24-8-15(16,17)18/h3-4,7,9,11-12,21-22H,5-6,8H2,1-2H3,(H,20,23). The maximum Gasteiger partial charge on any atom is 0.422 e. The third-order valence-corrected chi connectivity index (χ3v) is 3.44. The van der Waals surface area contributed by atoms with Gasteiger partial charge >= 0.3 is 6.18 Å². The van der Waals surface area contributed by atoms with E-state index < -0.39 is 12.8 Å². The molecule has 1 aromatic rings. The quantitative estimate of drug-likeness (QED) is 0.737. The summed E-state index contributed by atoms with van der Waals surface area (Å²) in [6.07, 6.45) is -1.52. The van der Waals surface area contributed by atoms with Gasteiger partial charge in [-0.05, 0) is 24.8 Å². The number of carbonyl (C=O) groups excluding carboxylic acids is 1. The summed E-state index contributed by atoms with van der Waals surface area (Å²) in [7, 11) is 0. The van der Waals surface area contributed by atoms with Crippen molar-refractivity contribution < 1.29 is 22.7 Å². The number of halogens is 3. The van der Waals surface area contributed by atoms with Crippen molar-refractivity contribution in [2.75, 3.05) is 11.9 Å². The van der Waals surface area contributed by atoms with E-state index in [9.17, 15) is 18.0 Å². The van der Waals surface area contributed by atoms with E-state index in [2.05, 4.69) is 39.7 Å². The lowest BCUT2D eigenvalue weighted by Gasteiger charge is -2.12. The van der Waals surface area contributed by atoms with Crippen LogP contribution in [0.15, 0.2) is 18.3 Å². The van der Waals surface area contributed by atoms with Gasteiger partial charge in [0.1, 0.15) is 6.04 Å². The fraction of sp³-hybridized carbons (Fsp3) is 0.600. The summed E-state index contributed by atoms with van der Waals surface area (Å²) >= 11 is 0. The summed E-state index contributed by atoms with van der Waals surface area (Å²) in [6, 6.07) is 2.60. The van der Waals surface area contributed by atoms with Crippen molar-refractivity contribution in [3.63, 3.8) is 0 Å². The number of carbonyl (C=O) groups is 1. The molecule has 1 saturated heterocycles. The number of rotatable bonds is 6. The number of amides is 1. The molecule has 1 aromatic heterocycles. The van der Waals surface area contributed by atoms with E-state index in [-0.39, 0.29) is 23.9 Å². The Labute approximate surface area is 138 Å². The Bertz CT molecular complexity index is 549. The Morgan fingerprint density at radius 3 is 2.75 bits per heavy atom. The minimum absolute atomic E-state index is 0.150. The summed E-state index contributed by atoms with van der Waals surface area (Å²) in [5.74, 6) is 0.155. The second-order valence-electron chi connectivity index (χ2n) is 6.18. The molecule has 134 valence electrons. The summed E-state index contributed by atoms with van der Waals surface area (Å²) in [5, 5.41) is 2.68. The molecule has 0 saturated carbocycles. The van der Waals surface area contributed by atoms with Crippen LogP contribution in [0, 0.1) is 5.92 Å². The summed E-state index contributed by atoms with van der Waals surface area (Å²) in [6.45, 7) is 2.83. The predicted octanol–water partition coefficient (Wildman–Crippen LogP) is 2.24. The number of nitrogens with zero attached hydrogens (tertiary/aromatic N) is 1. The largest absolute Gasteiger partial charge is 0.468 e. The Kier molecular flexibility index (Phi) is 6.00. The van der Waals surface area contributed by atoms with Crippen molar-refractivity contribution in [1.29, 1.82) is 0 Å². The first-order valence-corrected chi connectivity index (χ1v) is 7.70. The zero-order valence-electron chi connectivity index (χ0n) is 13.5. The number of pyridine rings is 1. The van der Waals surface area contributed by atoms with Crippen LogP contribution >= 0.6 is 0 Å². The van der Waals surface area contributed by atoms with Crippen LogP contribution in [0.4, 0.5) is 18.9 Å². The molecule has 2 unspecified atom stereocenters. The number of alkyl halides is 3. The highest BCUT2D eigenvalue weighted by Crippen LogP contribution is 2.19. The lowest BCUT2D eigenvalue weighted by Crippen LogP contribution is -2.40. The molecule has 2 heterocycles. The highest BCUT2D eigenvalue weighted by atomic mass is 19.4. The van der Waals surface area contributed by atoms with Crippen molar-refractivity contribution in [3.05, 3.63) is 18.3 Å². The number of nitrogens with one attached hydrogen (secondary N) is 3. The topological polar surface area (TPSA) is 75.3 Å². The Hall–Kier alpha value is -1.87. The average Bonchev–Trinajstić information content (AvgIpc) is 2.93. The molecule has 1 aliphatic heterocycles. The minimum Gasteiger partial charge on any atom is -0.468 e. The molecular formula is C15H21F3N4O2. The van der Waals surface area contributed by atoms with Gasteiger partial charge in [-0.25, -0.2) is 10.4 Å². The van der Waals surface area contributed by atoms with Gasteiger partial charge in [0.15, 0.2) is 6.61 Å². The molecule has 2 rings (SSSR count). The van der Waals surface area contributed by atoms with E-state index in [1.165, 1.54) is 18.3 Å². The summed E-state index contributed by atoms with van der Waals surface area (Å²) in [5.41, 5.74) is 6.44. The highest BCUT2D eigenvalue weighted by molar-refractivity contribution is 5.94. The second-order valence-corrected chi connectivity index (χ2v) is 6.18. The van der Waals surface area contributed by atoms with Crippen molar-refractivity contribution in [2.24, 2.45) is 5.92 Å². The zero-order chi connectivity index (χ0) is 17.7. The maximum atomic E-state index is 12.2. The third-order valence-electron chi connectivity index (χ3n) is 3.44. The molecule has 1 fully saturated rings. The van der Waals surface area contributed by atoms with Crippen molar-refractivity contribution in [3.8, 4) is 5.88 Å². The first-order valence-electron chi connectivity index (χ1n) is 7.70. The average molecular weight is 346 g/mol. The zero-order valence-corrected chi connectivity index (χ0v) is 13.5. The van der Waals surface area contributed by atoms with Crippen LogP contribution in [0.25, 0.3) is 0 Å². The Morgan fingerprint density at radius 1 is 1.42 bits per heavy atom. The van der Waals surface area contributed by atoms with E-state index in [4.69, 9.17) is 0 Å². The molecule has 24 heavy (non-hydrogen) atoms. The van der Waals surface area contributed by atoms with E-state index in [1.807, 2.05) is 0 Å². The molecule has 0 aliphatic carbocycles. The summed E-state index contributed by atoms with van der Waals surface area (Å²) < 4.78 is 40.7. The monoisotopic (exact) mass is 346 g/mol. The molecule has 0 aromatic carbocycles. The lowest BCUT2D eigenvalue weighted by molar-refractivity contribution is -0.154. The smallest absolute Gasteiger partial charge is 0.422 e. The van der Waals surface area contributed by atoms with Gasteiger partial charge in [0.2, 0.25) is 11.8 Å². The van der Waals surface area contributed by atoms with Crippen LogP contribution in [0.3, 0.4) is 0 Å². The third kappa shape index (κ3) is 5.97. The molecule has 1 amide bonds. The van der Waals surface area contributed by atoms with Crippen LogP contribution < -0.4 is 20.9 Å². The molecular weight excluding hydrogens is 325 g/mol. The molecule has 0 radical (unpaired) electrons. The molecule has 1 aliphatic rings. The molecule has 0 bridgehead atoms. The van der Waals surface area contributed by atoms with E-state index in [0.29, 0.717) is 18.0 Å². The van der Waals surface area contributed by atoms with Crippen LogP contribution in [0.5, 0.6) is 5.88 Å². The van der Waals surface area contributed by atoms with Gasteiger partial charge in [0.25, 0.3) is 0 Å². The first-order chi connectivity index (χ1) is 11.2. The fourth-order valence-corrected chi connectivity index (χ4v) is 2.44. The van der Waals surface area contributed by atoms with Gasteiger partial charge in [0, 0.05) is 12.1 Å². The van der Waals surface area contributed by atoms with E-state index >= 15 is 0 Å². The molecule has 0 spiro atoms. The normalized spacial score (nSPS) is 21.1. The van der Waals surface area contributed by atoms with Crippen LogP contribution in [0.1, 0.15) is 26.7 Å².